The van der Waals surface area contributed by atoms with E-state index < -0.39 is 5.60 Å². The number of hydrogen-bond donors (Lipinski definition) is 1. The predicted octanol–water partition coefficient (Wildman–Crippen LogP) is 3.65. The van der Waals surface area contributed by atoms with Crippen LogP contribution in [0, 0.1) is 0 Å². The number of piperazine rings is 1. The topological polar surface area (TPSA) is 78.2 Å². The van der Waals surface area contributed by atoms with Crippen LogP contribution in [0.2, 0.25) is 0 Å². The van der Waals surface area contributed by atoms with Crippen LogP contribution < -0.4 is 9.57 Å². The van der Waals surface area contributed by atoms with Crippen molar-refractivity contribution in [3.05, 3.63) is 65.7 Å². The molecule has 3 aliphatic rings. The molecule has 0 radical (unpaired) electrons. The number of anilines is 1. The van der Waals surface area contributed by atoms with Gasteiger partial charge >= 0.3 is 0 Å². The number of nitrogens with zero attached hydrogens (tertiary/aromatic N) is 4. The van der Waals surface area contributed by atoms with Crippen molar-refractivity contribution >= 4 is 30.4 Å². The molecule has 2 fully saturated rings. The second-order valence-electron chi connectivity index (χ2n) is 11.2. The second kappa shape index (κ2) is 11.2. The molecule has 7 nitrogen and oxygen atoms in total. The SMILES string of the molecule is C=[N+]=CC(=C)CN1CC(CCC)c2ccc(-c3ccc(C(=O)N4CCN(C(=O)C5(O)CCC5)CC4)cc3)cc21. The number of amides is 2. The summed E-state index contributed by atoms with van der Waals surface area (Å²) < 4.78 is 3.88. The Morgan fingerprint density at radius 2 is 1.72 bits per heavy atom. The third kappa shape index (κ3) is 5.42. The molecule has 7 heteroatoms. The van der Waals surface area contributed by atoms with Crippen molar-refractivity contribution in [2.45, 2.75) is 50.5 Å². The van der Waals surface area contributed by atoms with Crippen LogP contribution >= 0.6 is 0 Å². The molecule has 5 rings (SSSR count). The number of fused-ring (bicyclic) bond motifs is 1. The van der Waals surface area contributed by atoms with Gasteiger partial charge in [0, 0.05) is 62.0 Å². The summed E-state index contributed by atoms with van der Waals surface area (Å²) in [5, 5.41) is 10.4. The summed E-state index contributed by atoms with van der Waals surface area (Å²) in [6.45, 7) is 13.5. The van der Waals surface area contributed by atoms with Crippen LogP contribution in [-0.2, 0) is 4.79 Å². The van der Waals surface area contributed by atoms with Crippen LogP contribution in [0.5, 0.6) is 0 Å². The number of hydrogen-bond acceptors (Lipinski definition) is 4. The first kappa shape index (κ1) is 26.9. The summed E-state index contributed by atoms with van der Waals surface area (Å²) in [6, 6.07) is 14.5. The van der Waals surface area contributed by atoms with Crippen LogP contribution in [0.1, 0.15) is 60.9 Å². The molecule has 2 aliphatic heterocycles. The van der Waals surface area contributed by atoms with E-state index in [1.54, 1.807) is 16.0 Å². The third-order valence-electron chi connectivity index (χ3n) is 8.45. The first-order chi connectivity index (χ1) is 18.8. The largest absolute Gasteiger partial charge is 0.380 e. The highest BCUT2D eigenvalue weighted by molar-refractivity contribution is 5.95. The molecule has 2 heterocycles. The van der Waals surface area contributed by atoms with Crippen molar-refractivity contribution in [2.75, 3.05) is 44.2 Å². The van der Waals surface area contributed by atoms with Crippen molar-refractivity contribution in [1.82, 2.24) is 14.5 Å². The van der Waals surface area contributed by atoms with Crippen LogP contribution in [0.15, 0.2) is 54.6 Å². The van der Waals surface area contributed by atoms with E-state index in [1.165, 1.54) is 11.3 Å². The van der Waals surface area contributed by atoms with E-state index in [4.69, 9.17) is 0 Å². The van der Waals surface area contributed by atoms with E-state index in [9.17, 15) is 14.7 Å². The number of benzene rings is 2. The Morgan fingerprint density at radius 1 is 1.05 bits per heavy atom. The lowest BCUT2D eigenvalue weighted by Crippen LogP contribution is -2.58. The number of rotatable bonds is 8. The molecule has 0 aromatic heterocycles. The molecule has 0 spiro atoms. The van der Waals surface area contributed by atoms with Crippen LogP contribution in [0.3, 0.4) is 0 Å². The minimum absolute atomic E-state index is 0.0240. The van der Waals surface area contributed by atoms with Gasteiger partial charge in [-0.2, -0.15) is 0 Å². The summed E-state index contributed by atoms with van der Waals surface area (Å²) in [7, 11) is 0. The first-order valence-electron chi connectivity index (χ1n) is 14.1. The van der Waals surface area contributed by atoms with Gasteiger partial charge in [0.15, 0.2) is 0 Å². The molecular weight excluding hydrogens is 488 g/mol. The van der Waals surface area contributed by atoms with Gasteiger partial charge in [-0.3, -0.25) is 9.59 Å². The van der Waals surface area contributed by atoms with Crippen molar-refractivity contribution in [2.24, 2.45) is 0 Å². The fourth-order valence-electron chi connectivity index (χ4n) is 6.09. The van der Waals surface area contributed by atoms with Gasteiger partial charge in [-0.1, -0.05) is 44.2 Å². The molecule has 2 aromatic carbocycles. The van der Waals surface area contributed by atoms with Gasteiger partial charge < -0.3 is 19.8 Å². The lowest BCUT2D eigenvalue weighted by Gasteiger charge is -2.42. The van der Waals surface area contributed by atoms with Gasteiger partial charge in [0.1, 0.15) is 5.60 Å². The number of aliphatic hydroxyl groups is 1. The Kier molecular flexibility index (Phi) is 7.74. The average molecular weight is 528 g/mol. The van der Waals surface area contributed by atoms with Gasteiger partial charge in [-0.25, -0.2) is 0 Å². The molecule has 1 saturated carbocycles. The maximum Gasteiger partial charge on any atom is 0.295 e. The van der Waals surface area contributed by atoms with Crippen molar-refractivity contribution in [3.8, 4) is 11.1 Å². The molecular formula is C32H39N4O3+. The van der Waals surface area contributed by atoms with Gasteiger partial charge in [0.2, 0.25) is 0 Å². The van der Waals surface area contributed by atoms with Crippen LogP contribution in [-0.4, -0.2) is 84.5 Å². The molecule has 1 aliphatic carbocycles. The predicted molar refractivity (Wildman–Crippen MR) is 157 cm³/mol. The highest BCUT2D eigenvalue weighted by Crippen LogP contribution is 2.41. The molecule has 1 atom stereocenters. The monoisotopic (exact) mass is 527 g/mol. The summed E-state index contributed by atoms with van der Waals surface area (Å²) in [5.74, 6) is 0.305. The minimum atomic E-state index is -1.18. The summed E-state index contributed by atoms with van der Waals surface area (Å²) in [4.78, 5) is 31.7. The number of carbonyl (C=O) groups is 2. The quantitative estimate of drug-likeness (QED) is 0.420. The standard InChI is InChI=1S/C32H39N4O3/c1-4-6-27-22-36(21-23(2)20-33-3)29-19-26(11-12-28(27)29)24-7-9-25(10-8-24)30(37)34-15-17-35(18-16-34)31(38)32(39)13-5-14-32/h7-12,19-20,27,39H,2-6,13-18,21-22H2,1H3/q+1. The summed E-state index contributed by atoms with van der Waals surface area (Å²) >= 11 is 0. The lowest BCUT2D eigenvalue weighted by molar-refractivity contribution is -0.161. The zero-order valence-corrected chi connectivity index (χ0v) is 22.9. The average Bonchev–Trinajstić information content (AvgIpc) is 3.27. The smallest absolute Gasteiger partial charge is 0.295 e. The van der Waals surface area contributed by atoms with E-state index in [0.717, 1.165) is 49.1 Å². The molecule has 0 bridgehead atoms. The Morgan fingerprint density at radius 3 is 2.33 bits per heavy atom. The van der Waals surface area contributed by atoms with Gasteiger partial charge in [0.25, 0.3) is 24.7 Å². The minimum Gasteiger partial charge on any atom is -0.380 e. The lowest BCUT2D eigenvalue weighted by atomic mass is 9.79. The van der Waals surface area contributed by atoms with Gasteiger partial charge in [0.05, 0.1) is 0 Å². The van der Waals surface area contributed by atoms with Crippen LogP contribution in [0.25, 0.3) is 11.1 Å². The van der Waals surface area contributed by atoms with Crippen molar-refractivity contribution in [1.29, 1.82) is 0 Å². The first-order valence-corrected chi connectivity index (χ1v) is 14.1. The highest BCUT2D eigenvalue weighted by atomic mass is 16.3. The molecule has 204 valence electrons. The van der Waals surface area contributed by atoms with Gasteiger partial charge in [-0.15, -0.1) is 4.67 Å². The van der Waals surface area contributed by atoms with E-state index >= 15 is 0 Å². The highest BCUT2D eigenvalue weighted by Gasteiger charge is 2.45. The normalized spacial score (nSPS) is 19.6. The Balaban J connectivity index is 1.26. The Labute approximate surface area is 231 Å². The van der Waals surface area contributed by atoms with E-state index in [0.29, 0.717) is 50.5 Å². The fourth-order valence-corrected chi connectivity index (χ4v) is 6.09. The zero-order valence-electron chi connectivity index (χ0n) is 22.9. The molecule has 1 saturated heterocycles. The molecule has 1 N–H and O–H groups in total. The van der Waals surface area contributed by atoms with Crippen molar-refractivity contribution < 1.29 is 14.7 Å². The Bertz CT molecular complexity index is 1300. The fraction of sp³-hybridized carbons (Fsp3) is 0.438. The third-order valence-corrected chi connectivity index (χ3v) is 8.45. The maximum absolute atomic E-state index is 13.2. The summed E-state index contributed by atoms with van der Waals surface area (Å²) in [6.07, 6.45) is 5.99. The molecule has 1 unspecified atom stereocenters. The van der Waals surface area contributed by atoms with E-state index in [2.05, 4.69) is 48.0 Å². The molecule has 2 aromatic rings. The number of carbonyl (C=O) groups excluding carboxylic acids is 2. The molecule has 2 amide bonds. The Hall–Kier alpha value is -3.67. The van der Waals surface area contributed by atoms with Crippen LogP contribution in [0.4, 0.5) is 5.69 Å². The van der Waals surface area contributed by atoms with E-state index in [1.807, 2.05) is 24.3 Å². The molecule has 39 heavy (non-hydrogen) atoms. The zero-order chi connectivity index (χ0) is 27.6. The van der Waals surface area contributed by atoms with E-state index in [-0.39, 0.29) is 11.8 Å². The second-order valence-corrected chi connectivity index (χ2v) is 11.2. The van der Waals surface area contributed by atoms with Crippen molar-refractivity contribution in [3.63, 3.8) is 0 Å². The maximum atomic E-state index is 13.2. The summed E-state index contributed by atoms with van der Waals surface area (Å²) in [5.41, 5.74) is 5.21. The van der Waals surface area contributed by atoms with Gasteiger partial charge in [-0.05, 0) is 60.6 Å².